The SMILES string of the molecule is COc1c(N)cccc1C(=O)NCCc1ccc(Cl)s1. The van der Waals surface area contributed by atoms with Gasteiger partial charge in [-0.3, -0.25) is 4.79 Å². The standard InChI is InChI=1S/C14H15ClN2O2S/c1-19-13-10(3-2-4-11(13)16)14(18)17-8-7-9-5-6-12(15)20-9/h2-6H,7-8,16H2,1H3,(H,17,18). The Morgan fingerprint density at radius 2 is 2.20 bits per heavy atom. The molecule has 0 bridgehead atoms. The Balaban J connectivity index is 1.97. The van der Waals surface area contributed by atoms with Gasteiger partial charge in [0.2, 0.25) is 0 Å². The van der Waals surface area contributed by atoms with Crippen LogP contribution in [0, 0.1) is 0 Å². The summed E-state index contributed by atoms with van der Waals surface area (Å²) in [7, 11) is 1.50. The Labute approximate surface area is 126 Å². The number of carbonyl (C=O) groups is 1. The zero-order chi connectivity index (χ0) is 14.5. The highest BCUT2D eigenvalue weighted by molar-refractivity contribution is 7.16. The molecule has 0 unspecified atom stereocenters. The largest absolute Gasteiger partial charge is 0.494 e. The lowest BCUT2D eigenvalue weighted by Gasteiger charge is -2.10. The van der Waals surface area contributed by atoms with E-state index in [1.807, 2.05) is 12.1 Å². The van der Waals surface area contributed by atoms with Crippen LogP contribution in [0.15, 0.2) is 30.3 Å². The Morgan fingerprint density at radius 3 is 2.85 bits per heavy atom. The number of thiophene rings is 1. The first-order valence-electron chi connectivity index (χ1n) is 6.06. The van der Waals surface area contributed by atoms with Crippen LogP contribution in [0.3, 0.4) is 0 Å². The third kappa shape index (κ3) is 3.43. The molecule has 20 heavy (non-hydrogen) atoms. The molecule has 6 heteroatoms. The minimum atomic E-state index is -0.197. The average Bonchev–Trinajstić information content (AvgIpc) is 2.84. The van der Waals surface area contributed by atoms with Gasteiger partial charge in [-0.15, -0.1) is 11.3 Å². The number of halogens is 1. The fraction of sp³-hybridized carbons (Fsp3) is 0.214. The van der Waals surface area contributed by atoms with Crippen molar-refractivity contribution in [1.82, 2.24) is 5.32 Å². The molecule has 1 aromatic heterocycles. The van der Waals surface area contributed by atoms with Crippen LogP contribution >= 0.6 is 22.9 Å². The summed E-state index contributed by atoms with van der Waals surface area (Å²) in [5, 5.41) is 2.85. The van der Waals surface area contributed by atoms with Crippen molar-refractivity contribution >= 4 is 34.5 Å². The molecule has 4 nitrogen and oxygen atoms in total. The number of hydrogen-bond acceptors (Lipinski definition) is 4. The van der Waals surface area contributed by atoms with Crippen molar-refractivity contribution in [2.75, 3.05) is 19.4 Å². The van der Waals surface area contributed by atoms with E-state index >= 15 is 0 Å². The zero-order valence-corrected chi connectivity index (χ0v) is 12.6. The number of ether oxygens (including phenoxy) is 1. The lowest BCUT2D eigenvalue weighted by Crippen LogP contribution is -2.26. The van der Waals surface area contributed by atoms with E-state index < -0.39 is 0 Å². The number of para-hydroxylation sites is 1. The molecule has 3 N–H and O–H groups in total. The third-order valence-electron chi connectivity index (χ3n) is 2.78. The summed E-state index contributed by atoms with van der Waals surface area (Å²) in [5.41, 5.74) is 6.66. The van der Waals surface area contributed by atoms with Crippen LogP contribution in [0.1, 0.15) is 15.2 Å². The Kier molecular flexibility index (Phi) is 4.87. The Bertz CT molecular complexity index is 613. The summed E-state index contributed by atoms with van der Waals surface area (Å²) in [5.74, 6) is 0.209. The van der Waals surface area contributed by atoms with E-state index in [0.29, 0.717) is 23.5 Å². The van der Waals surface area contributed by atoms with Crippen molar-refractivity contribution in [1.29, 1.82) is 0 Å². The first-order chi connectivity index (χ1) is 9.61. The van der Waals surface area contributed by atoms with Crippen LogP contribution in [0.4, 0.5) is 5.69 Å². The lowest BCUT2D eigenvalue weighted by molar-refractivity contribution is 0.0951. The smallest absolute Gasteiger partial charge is 0.255 e. The normalized spacial score (nSPS) is 10.3. The van der Waals surface area contributed by atoms with Crippen LogP contribution in [0.2, 0.25) is 4.34 Å². The van der Waals surface area contributed by atoms with Gasteiger partial charge in [-0.25, -0.2) is 0 Å². The van der Waals surface area contributed by atoms with Crippen LogP contribution in [0.25, 0.3) is 0 Å². The Morgan fingerprint density at radius 1 is 1.40 bits per heavy atom. The van der Waals surface area contributed by atoms with Gasteiger partial charge in [0.1, 0.15) is 0 Å². The quantitative estimate of drug-likeness (QED) is 0.835. The van der Waals surface area contributed by atoms with E-state index in [1.165, 1.54) is 18.4 Å². The van der Waals surface area contributed by atoms with E-state index in [4.69, 9.17) is 22.1 Å². The second-order valence-corrected chi connectivity index (χ2v) is 5.94. The number of hydrogen-bond donors (Lipinski definition) is 2. The van der Waals surface area contributed by atoms with Gasteiger partial charge < -0.3 is 15.8 Å². The van der Waals surface area contributed by atoms with Gasteiger partial charge in [-0.2, -0.15) is 0 Å². The maximum absolute atomic E-state index is 12.1. The highest BCUT2D eigenvalue weighted by atomic mass is 35.5. The molecule has 1 amide bonds. The van der Waals surface area contributed by atoms with Gasteiger partial charge in [-0.05, 0) is 30.7 Å². The minimum absolute atomic E-state index is 0.197. The molecule has 0 atom stereocenters. The summed E-state index contributed by atoms with van der Waals surface area (Å²) in [4.78, 5) is 13.2. The second kappa shape index (κ2) is 6.63. The van der Waals surface area contributed by atoms with E-state index in [-0.39, 0.29) is 5.91 Å². The number of benzene rings is 1. The highest BCUT2D eigenvalue weighted by Crippen LogP contribution is 2.25. The van der Waals surface area contributed by atoms with Gasteiger partial charge in [0.15, 0.2) is 5.75 Å². The van der Waals surface area contributed by atoms with Gasteiger partial charge in [-0.1, -0.05) is 17.7 Å². The van der Waals surface area contributed by atoms with Crippen molar-refractivity contribution in [3.8, 4) is 5.75 Å². The highest BCUT2D eigenvalue weighted by Gasteiger charge is 2.13. The second-order valence-electron chi connectivity index (χ2n) is 4.14. The van der Waals surface area contributed by atoms with Gasteiger partial charge in [0.25, 0.3) is 5.91 Å². The molecule has 2 rings (SSSR count). The predicted molar refractivity (Wildman–Crippen MR) is 82.8 cm³/mol. The number of rotatable bonds is 5. The van der Waals surface area contributed by atoms with E-state index in [1.54, 1.807) is 18.2 Å². The van der Waals surface area contributed by atoms with Crippen molar-refractivity contribution in [3.05, 3.63) is 45.1 Å². The molecule has 0 saturated carbocycles. The topological polar surface area (TPSA) is 64.3 Å². The molecular formula is C14H15ClN2O2S. The molecule has 0 saturated heterocycles. The van der Waals surface area contributed by atoms with E-state index in [2.05, 4.69) is 5.32 Å². The fourth-order valence-electron chi connectivity index (χ4n) is 1.84. The molecule has 1 aromatic carbocycles. The summed E-state index contributed by atoms with van der Waals surface area (Å²) < 4.78 is 5.92. The van der Waals surface area contributed by atoms with Crippen molar-refractivity contribution in [2.45, 2.75) is 6.42 Å². The molecule has 0 aliphatic carbocycles. The molecule has 1 heterocycles. The van der Waals surface area contributed by atoms with Crippen LogP contribution in [-0.4, -0.2) is 19.6 Å². The molecule has 0 fully saturated rings. The van der Waals surface area contributed by atoms with Crippen molar-refractivity contribution in [3.63, 3.8) is 0 Å². The molecule has 106 valence electrons. The predicted octanol–water partition coefficient (Wildman–Crippen LogP) is 2.96. The molecule has 2 aromatic rings. The van der Waals surface area contributed by atoms with Crippen LogP contribution in [-0.2, 0) is 6.42 Å². The molecule has 0 radical (unpaired) electrons. The molecule has 0 spiro atoms. The summed E-state index contributed by atoms with van der Waals surface area (Å²) >= 11 is 7.37. The fourth-order valence-corrected chi connectivity index (χ4v) is 2.93. The van der Waals surface area contributed by atoms with Crippen LogP contribution < -0.4 is 15.8 Å². The summed E-state index contributed by atoms with van der Waals surface area (Å²) in [6, 6.07) is 8.92. The lowest BCUT2D eigenvalue weighted by atomic mass is 10.1. The van der Waals surface area contributed by atoms with Gasteiger partial charge >= 0.3 is 0 Å². The monoisotopic (exact) mass is 310 g/mol. The summed E-state index contributed by atoms with van der Waals surface area (Å²) in [6.45, 7) is 0.535. The first-order valence-corrected chi connectivity index (χ1v) is 7.26. The van der Waals surface area contributed by atoms with Gasteiger partial charge in [0, 0.05) is 11.4 Å². The number of methoxy groups -OCH3 is 1. The van der Waals surface area contributed by atoms with E-state index in [9.17, 15) is 4.79 Å². The summed E-state index contributed by atoms with van der Waals surface area (Å²) in [6.07, 6.45) is 0.744. The van der Waals surface area contributed by atoms with Gasteiger partial charge in [0.05, 0.1) is 22.7 Å². The first kappa shape index (κ1) is 14.7. The number of nitrogen functional groups attached to an aromatic ring is 1. The maximum Gasteiger partial charge on any atom is 0.255 e. The van der Waals surface area contributed by atoms with E-state index in [0.717, 1.165) is 15.6 Å². The average molecular weight is 311 g/mol. The number of carbonyl (C=O) groups excluding carboxylic acids is 1. The zero-order valence-electron chi connectivity index (χ0n) is 11.0. The Hall–Kier alpha value is -1.72. The number of nitrogens with two attached hydrogens (primary N) is 1. The van der Waals surface area contributed by atoms with Crippen LogP contribution in [0.5, 0.6) is 5.75 Å². The molecule has 0 aliphatic heterocycles. The minimum Gasteiger partial charge on any atom is -0.494 e. The number of anilines is 1. The van der Waals surface area contributed by atoms with Crippen molar-refractivity contribution < 1.29 is 9.53 Å². The number of nitrogens with one attached hydrogen (secondary N) is 1. The molecule has 0 aliphatic rings. The van der Waals surface area contributed by atoms with Crippen molar-refractivity contribution in [2.24, 2.45) is 0 Å². The molecular weight excluding hydrogens is 296 g/mol. The maximum atomic E-state index is 12.1. The third-order valence-corrected chi connectivity index (χ3v) is 4.07. The number of amides is 1.